The number of nitrogens with zero attached hydrogens (tertiary/aromatic N) is 4. The zero-order valence-corrected chi connectivity index (χ0v) is 18.2. The van der Waals surface area contributed by atoms with E-state index < -0.39 is 0 Å². The van der Waals surface area contributed by atoms with Crippen LogP contribution in [0.1, 0.15) is 23.0 Å². The molecule has 1 aliphatic heterocycles. The fraction of sp³-hybridized carbons (Fsp3) is 0.476. The zero-order chi connectivity index (χ0) is 21.7. The molecule has 1 saturated heterocycles. The molecule has 1 amide bonds. The Morgan fingerprint density at radius 2 is 1.63 bits per heavy atom. The highest BCUT2D eigenvalue weighted by atomic mass is 16.5. The van der Waals surface area contributed by atoms with E-state index in [4.69, 9.17) is 14.2 Å². The molecule has 9 nitrogen and oxygen atoms in total. The van der Waals surface area contributed by atoms with Gasteiger partial charge in [-0.25, -0.2) is 4.98 Å². The van der Waals surface area contributed by atoms with Gasteiger partial charge in [0.2, 0.25) is 11.7 Å². The Hall–Kier alpha value is -3.23. The number of methoxy groups -OCH3 is 3. The topological polar surface area (TPSA) is 89.1 Å². The summed E-state index contributed by atoms with van der Waals surface area (Å²) in [5.74, 6) is 2.81. The summed E-state index contributed by atoms with van der Waals surface area (Å²) < 4.78 is 16.1. The molecule has 1 aromatic heterocycles. The van der Waals surface area contributed by atoms with E-state index >= 15 is 0 Å². The van der Waals surface area contributed by atoms with Gasteiger partial charge < -0.3 is 29.3 Å². The molecule has 0 spiro atoms. The van der Waals surface area contributed by atoms with Crippen LogP contribution in [0.15, 0.2) is 18.2 Å². The van der Waals surface area contributed by atoms with Gasteiger partial charge in [-0.1, -0.05) is 0 Å². The third-order valence-electron chi connectivity index (χ3n) is 4.96. The molecule has 0 aliphatic carbocycles. The molecule has 1 N–H and O–H groups in total. The van der Waals surface area contributed by atoms with Gasteiger partial charge in [-0.3, -0.25) is 4.79 Å². The minimum Gasteiger partial charge on any atom is -0.493 e. The number of rotatable bonds is 7. The van der Waals surface area contributed by atoms with Gasteiger partial charge in [0.05, 0.1) is 21.3 Å². The molecule has 3 rings (SSSR count). The van der Waals surface area contributed by atoms with Crippen molar-refractivity contribution in [2.24, 2.45) is 0 Å². The first-order valence-corrected chi connectivity index (χ1v) is 9.94. The Morgan fingerprint density at radius 1 is 1.00 bits per heavy atom. The summed E-state index contributed by atoms with van der Waals surface area (Å²) in [5.41, 5.74) is 1.41. The first-order chi connectivity index (χ1) is 14.5. The van der Waals surface area contributed by atoms with Crippen molar-refractivity contribution in [2.45, 2.75) is 13.8 Å². The Morgan fingerprint density at radius 3 is 2.17 bits per heavy atom. The van der Waals surface area contributed by atoms with Crippen LogP contribution >= 0.6 is 0 Å². The van der Waals surface area contributed by atoms with Crippen molar-refractivity contribution >= 4 is 17.7 Å². The van der Waals surface area contributed by atoms with E-state index in [-0.39, 0.29) is 5.91 Å². The number of anilines is 2. The second-order valence-electron chi connectivity index (χ2n) is 6.92. The van der Waals surface area contributed by atoms with Crippen LogP contribution in [-0.2, 0) is 0 Å². The summed E-state index contributed by atoms with van der Waals surface area (Å²) in [6.45, 7) is 7.25. The minimum absolute atomic E-state index is 0.0765. The molecule has 2 aromatic rings. The van der Waals surface area contributed by atoms with E-state index in [0.29, 0.717) is 54.9 Å². The van der Waals surface area contributed by atoms with Crippen LogP contribution in [0.5, 0.6) is 17.2 Å². The van der Waals surface area contributed by atoms with Crippen molar-refractivity contribution in [1.29, 1.82) is 0 Å². The SMILES string of the molecule is CCNc1cc(C)nc(N2CCN(C(=O)c3cc(OC)c(OC)c(OC)c3)CC2)n1. The molecule has 162 valence electrons. The van der Waals surface area contributed by atoms with Gasteiger partial charge in [-0.15, -0.1) is 0 Å². The van der Waals surface area contributed by atoms with Gasteiger partial charge in [-0.05, 0) is 26.0 Å². The van der Waals surface area contributed by atoms with Gasteiger partial charge in [0, 0.05) is 50.0 Å². The second kappa shape index (κ2) is 9.51. The zero-order valence-electron chi connectivity index (χ0n) is 18.2. The lowest BCUT2D eigenvalue weighted by atomic mass is 10.1. The van der Waals surface area contributed by atoms with E-state index in [9.17, 15) is 4.79 Å². The Kier molecular flexibility index (Phi) is 6.81. The quantitative estimate of drug-likeness (QED) is 0.736. The smallest absolute Gasteiger partial charge is 0.254 e. The highest BCUT2D eigenvalue weighted by Gasteiger charge is 2.26. The Balaban J connectivity index is 1.73. The predicted molar refractivity (Wildman–Crippen MR) is 115 cm³/mol. The van der Waals surface area contributed by atoms with Crippen molar-refractivity contribution in [3.63, 3.8) is 0 Å². The van der Waals surface area contributed by atoms with Crippen molar-refractivity contribution < 1.29 is 19.0 Å². The van der Waals surface area contributed by atoms with E-state index in [1.54, 1.807) is 12.1 Å². The molecular formula is C21H29N5O4. The minimum atomic E-state index is -0.0765. The monoisotopic (exact) mass is 415 g/mol. The number of carbonyl (C=O) groups excluding carboxylic acids is 1. The molecule has 30 heavy (non-hydrogen) atoms. The predicted octanol–water partition coefficient (Wildman–Crippen LogP) is 2.21. The number of aromatic nitrogens is 2. The van der Waals surface area contributed by atoms with Gasteiger partial charge in [-0.2, -0.15) is 4.98 Å². The summed E-state index contributed by atoms with van der Waals surface area (Å²) in [7, 11) is 4.61. The number of hydrogen-bond acceptors (Lipinski definition) is 8. The maximum absolute atomic E-state index is 13.1. The van der Waals surface area contributed by atoms with E-state index in [1.807, 2.05) is 24.8 Å². The summed E-state index contributed by atoms with van der Waals surface area (Å²) in [4.78, 5) is 26.2. The summed E-state index contributed by atoms with van der Waals surface area (Å²) in [6.07, 6.45) is 0. The molecule has 1 aromatic carbocycles. The highest BCUT2D eigenvalue weighted by molar-refractivity contribution is 5.95. The number of benzene rings is 1. The van der Waals surface area contributed by atoms with E-state index in [0.717, 1.165) is 18.1 Å². The lowest BCUT2D eigenvalue weighted by Gasteiger charge is -2.35. The number of amides is 1. The molecule has 9 heteroatoms. The van der Waals surface area contributed by atoms with Crippen LogP contribution in [0.3, 0.4) is 0 Å². The lowest BCUT2D eigenvalue weighted by Crippen LogP contribution is -2.49. The normalized spacial score (nSPS) is 13.8. The average molecular weight is 415 g/mol. The third-order valence-corrected chi connectivity index (χ3v) is 4.96. The van der Waals surface area contributed by atoms with Gasteiger partial charge in [0.1, 0.15) is 5.82 Å². The van der Waals surface area contributed by atoms with Crippen LogP contribution in [0.25, 0.3) is 0 Å². The first-order valence-electron chi connectivity index (χ1n) is 9.94. The molecule has 0 saturated carbocycles. The number of nitrogens with one attached hydrogen (secondary N) is 1. The van der Waals surface area contributed by atoms with E-state index in [2.05, 4.69) is 20.2 Å². The maximum Gasteiger partial charge on any atom is 0.254 e. The van der Waals surface area contributed by atoms with Crippen LogP contribution in [0, 0.1) is 6.92 Å². The molecule has 0 bridgehead atoms. The number of hydrogen-bond donors (Lipinski definition) is 1. The fourth-order valence-electron chi connectivity index (χ4n) is 3.46. The summed E-state index contributed by atoms with van der Waals surface area (Å²) in [6, 6.07) is 5.29. The molecule has 1 fully saturated rings. The number of ether oxygens (including phenoxy) is 3. The standard InChI is InChI=1S/C21H29N5O4/c1-6-22-18-11-14(2)23-21(24-18)26-9-7-25(8-10-26)20(27)15-12-16(28-3)19(30-5)17(13-15)29-4/h11-13H,6-10H2,1-5H3,(H,22,23,24). The highest BCUT2D eigenvalue weighted by Crippen LogP contribution is 2.38. The van der Waals surface area contributed by atoms with E-state index in [1.165, 1.54) is 21.3 Å². The summed E-state index contributed by atoms with van der Waals surface area (Å²) >= 11 is 0. The van der Waals surface area contributed by atoms with Crippen LogP contribution in [-0.4, -0.2) is 74.8 Å². The molecule has 1 aliphatic rings. The third kappa shape index (κ3) is 4.50. The van der Waals surface area contributed by atoms with Crippen LogP contribution in [0.2, 0.25) is 0 Å². The van der Waals surface area contributed by atoms with Crippen LogP contribution in [0.4, 0.5) is 11.8 Å². The summed E-state index contributed by atoms with van der Waals surface area (Å²) in [5, 5.41) is 3.23. The molecule has 0 unspecified atom stereocenters. The lowest BCUT2D eigenvalue weighted by molar-refractivity contribution is 0.0745. The molecule has 2 heterocycles. The maximum atomic E-state index is 13.1. The number of aryl methyl sites for hydroxylation is 1. The van der Waals surface area contributed by atoms with Crippen molar-refractivity contribution in [1.82, 2.24) is 14.9 Å². The Labute approximate surface area is 177 Å². The van der Waals surface area contributed by atoms with Crippen molar-refractivity contribution in [3.05, 3.63) is 29.5 Å². The van der Waals surface area contributed by atoms with Crippen molar-refractivity contribution in [3.8, 4) is 17.2 Å². The largest absolute Gasteiger partial charge is 0.493 e. The van der Waals surface area contributed by atoms with Crippen LogP contribution < -0.4 is 24.4 Å². The molecule has 0 atom stereocenters. The molecule has 0 radical (unpaired) electrons. The van der Waals surface area contributed by atoms with Gasteiger partial charge in [0.15, 0.2) is 11.5 Å². The fourth-order valence-corrected chi connectivity index (χ4v) is 3.46. The van der Waals surface area contributed by atoms with Crippen molar-refractivity contribution in [2.75, 3.05) is 64.3 Å². The number of piperazine rings is 1. The second-order valence-corrected chi connectivity index (χ2v) is 6.92. The van der Waals surface area contributed by atoms with Gasteiger partial charge >= 0.3 is 0 Å². The molecular weight excluding hydrogens is 386 g/mol. The first kappa shape index (κ1) is 21.5. The average Bonchev–Trinajstić information content (AvgIpc) is 2.77. The van der Waals surface area contributed by atoms with Gasteiger partial charge in [0.25, 0.3) is 5.91 Å². The number of carbonyl (C=O) groups is 1. The Bertz CT molecular complexity index is 872.